The van der Waals surface area contributed by atoms with Gasteiger partial charge in [-0.2, -0.15) is 5.26 Å². The monoisotopic (exact) mass is 145 g/mol. The summed E-state index contributed by atoms with van der Waals surface area (Å²) in [5.74, 6) is 0.486. The molecule has 0 bridgehead atoms. The van der Waals surface area contributed by atoms with Crippen molar-refractivity contribution in [2.24, 2.45) is 5.92 Å². The SMILES string of the molecule is CC(C)C(Cl)CCC#N. The second-order valence-corrected chi connectivity index (χ2v) is 3.02. The lowest BCUT2D eigenvalue weighted by molar-refractivity contribution is 0.571. The van der Waals surface area contributed by atoms with Crippen molar-refractivity contribution < 1.29 is 0 Å². The molecule has 0 aliphatic carbocycles. The maximum absolute atomic E-state index is 8.19. The first-order valence-electron chi connectivity index (χ1n) is 3.19. The maximum Gasteiger partial charge on any atom is 0.0622 e. The second kappa shape index (κ2) is 4.64. The minimum atomic E-state index is 0.171. The summed E-state index contributed by atoms with van der Waals surface area (Å²) in [5.41, 5.74) is 0. The highest BCUT2D eigenvalue weighted by Gasteiger charge is 2.07. The Hall–Kier alpha value is -0.220. The Balaban J connectivity index is 3.29. The van der Waals surface area contributed by atoms with Crippen molar-refractivity contribution in [2.75, 3.05) is 0 Å². The summed E-state index contributed by atoms with van der Waals surface area (Å²) in [5, 5.41) is 8.36. The van der Waals surface area contributed by atoms with Gasteiger partial charge >= 0.3 is 0 Å². The zero-order chi connectivity index (χ0) is 7.28. The topological polar surface area (TPSA) is 23.8 Å². The molecule has 0 heterocycles. The van der Waals surface area contributed by atoms with Crippen LogP contribution < -0.4 is 0 Å². The number of alkyl halides is 1. The molecule has 0 aromatic rings. The number of nitriles is 1. The maximum atomic E-state index is 8.19. The molecule has 0 radical (unpaired) electrons. The van der Waals surface area contributed by atoms with Crippen LogP contribution in [0, 0.1) is 17.2 Å². The van der Waals surface area contributed by atoms with Crippen LogP contribution >= 0.6 is 11.6 Å². The Morgan fingerprint density at radius 1 is 1.56 bits per heavy atom. The molecule has 0 spiro atoms. The molecule has 9 heavy (non-hydrogen) atoms. The highest BCUT2D eigenvalue weighted by molar-refractivity contribution is 6.20. The van der Waals surface area contributed by atoms with Gasteiger partial charge in [0.25, 0.3) is 0 Å². The van der Waals surface area contributed by atoms with Crippen LogP contribution in [0.15, 0.2) is 0 Å². The fourth-order valence-electron chi connectivity index (χ4n) is 0.536. The molecule has 1 nitrogen and oxygen atoms in total. The minimum absolute atomic E-state index is 0.171. The van der Waals surface area contributed by atoms with Gasteiger partial charge in [0.05, 0.1) is 6.07 Å². The minimum Gasteiger partial charge on any atom is -0.198 e. The summed E-state index contributed by atoms with van der Waals surface area (Å²) < 4.78 is 0. The lowest BCUT2D eigenvalue weighted by Gasteiger charge is -2.09. The molecule has 0 aliphatic rings. The van der Waals surface area contributed by atoms with Crippen LogP contribution in [0.25, 0.3) is 0 Å². The Labute approximate surface area is 61.6 Å². The standard InChI is InChI=1S/C7H12ClN/c1-6(2)7(8)4-3-5-9/h6-7H,3-4H2,1-2H3. The van der Waals surface area contributed by atoms with E-state index in [0.29, 0.717) is 12.3 Å². The molecule has 0 aromatic heterocycles. The van der Waals surface area contributed by atoms with Gasteiger partial charge in [-0.15, -0.1) is 11.6 Å². The van der Waals surface area contributed by atoms with Crippen molar-refractivity contribution in [1.29, 1.82) is 5.26 Å². The molecule has 1 atom stereocenters. The smallest absolute Gasteiger partial charge is 0.0622 e. The molecule has 2 heteroatoms. The predicted molar refractivity (Wildman–Crippen MR) is 39.3 cm³/mol. The molecule has 0 saturated carbocycles. The fraction of sp³-hybridized carbons (Fsp3) is 0.857. The highest BCUT2D eigenvalue weighted by atomic mass is 35.5. The van der Waals surface area contributed by atoms with Crippen LogP contribution in [-0.4, -0.2) is 5.38 Å². The van der Waals surface area contributed by atoms with Gasteiger partial charge in [-0.1, -0.05) is 13.8 Å². The van der Waals surface area contributed by atoms with E-state index in [2.05, 4.69) is 19.9 Å². The quantitative estimate of drug-likeness (QED) is 0.560. The number of hydrogen-bond acceptors (Lipinski definition) is 1. The molecule has 0 N–H and O–H groups in total. The van der Waals surface area contributed by atoms with Gasteiger partial charge in [0.1, 0.15) is 0 Å². The number of hydrogen-bond donors (Lipinski definition) is 0. The molecule has 0 aliphatic heterocycles. The van der Waals surface area contributed by atoms with Crippen molar-refractivity contribution in [2.45, 2.75) is 32.1 Å². The van der Waals surface area contributed by atoms with E-state index < -0.39 is 0 Å². The molecular formula is C7H12ClN. The average Bonchev–Trinajstić information content (AvgIpc) is 1.82. The summed E-state index contributed by atoms with van der Waals surface area (Å²) in [7, 11) is 0. The average molecular weight is 146 g/mol. The first-order valence-corrected chi connectivity index (χ1v) is 3.63. The normalized spacial score (nSPS) is 13.2. The molecule has 1 unspecified atom stereocenters. The van der Waals surface area contributed by atoms with Gasteiger partial charge in [-0.25, -0.2) is 0 Å². The van der Waals surface area contributed by atoms with Crippen molar-refractivity contribution >= 4 is 11.6 Å². The Morgan fingerprint density at radius 2 is 2.11 bits per heavy atom. The Bertz CT molecular complexity index is 104. The first-order chi connectivity index (χ1) is 4.18. The van der Waals surface area contributed by atoms with Gasteiger partial charge in [0.2, 0.25) is 0 Å². The molecule has 0 rings (SSSR count). The summed E-state index contributed by atoms with van der Waals surface area (Å²) in [6, 6.07) is 2.07. The largest absolute Gasteiger partial charge is 0.198 e. The van der Waals surface area contributed by atoms with Crippen LogP contribution in [0.3, 0.4) is 0 Å². The molecule has 0 fully saturated rings. The second-order valence-electron chi connectivity index (χ2n) is 2.46. The fourth-order valence-corrected chi connectivity index (χ4v) is 0.645. The summed E-state index contributed by atoms with van der Waals surface area (Å²) in [6.45, 7) is 4.13. The van der Waals surface area contributed by atoms with E-state index in [0.717, 1.165) is 6.42 Å². The highest BCUT2D eigenvalue weighted by Crippen LogP contribution is 2.14. The summed E-state index contributed by atoms with van der Waals surface area (Å²) in [4.78, 5) is 0. The van der Waals surface area contributed by atoms with Crippen LogP contribution in [-0.2, 0) is 0 Å². The molecule has 52 valence electrons. The van der Waals surface area contributed by atoms with Crippen LogP contribution in [0.5, 0.6) is 0 Å². The zero-order valence-electron chi connectivity index (χ0n) is 5.89. The van der Waals surface area contributed by atoms with E-state index >= 15 is 0 Å². The van der Waals surface area contributed by atoms with E-state index in [1.807, 2.05) is 0 Å². The van der Waals surface area contributed by atoms with Crippen molar-refractivity contribution in [3.05, 3.63) is 0 Å². The van der Waals surface area contributed by atoms with Gasteiger partial charge < -0.3 is 0 Å². The third-order valence-corrected chi connectivity index (χ3v) is 1.98. The third-order valence-electron chi connectivity index (χ3n) is 1.26. The van der Waals surface area contributed by atoms with Crippen molar-refractivity contribution in [1.82, 2.24) is 0 Å². The zero-order valence-corrected chi connectivity index (χ0v) is 6.65. The van der Waals surface area contributed by atoms with E-state index in [1.54, 1.807) is 0 Å². The van der Waals surface area contributed by atoms with Gasteiger partial charge in [-0.3, -0.25) is 0 Å². The molecular weight excluding hydrogens is 134 g/mol. The van der Waals surface area contributed by atoms with E-state index in [4.69, 9.17) is 16.9 Å². The lowest BCUT2D eigenvalue weighted by Crippen LogP contribution is -2.06. The van der Waals surface area contributed by atoms with Crippen LogP contribution in [0.2, 0.25) is 0 Å². The predicted octanol–water partition coefficient (Wildman–Crippen LogP) is 2.55. The lowest BCUT2D eigenvalue weighted by atomic mass is 10.1. The molecule has 0 aromatic carbocycles. The van der Waals surface area contributed by atoms with Crippen LogP contribution in [0.1, 0.15) is 26.7 Å². The van der Waals surface area contributed by atoms with Gasteiger partial charge in [-0.05, 0) is 12.3 Å². The van der Waals surface area contributed by atoms with E-state index in [-0.39, 0.29) is 5.38 Å². The van der Waals surface area contributed by atoms with Gasteiger partial charge in [0, 0.05) is 11.8 Å². The summed E-state index contributed by atoms with van der Waals surface area (Å²) >= 11 is 5.84. The number of rotatable bonds is 3. The van der Waals surface area contributed by atoms with Crippen molar-refractivity contribution in [3.63, 3.8) is 0 Å². The Morgan fingerprint density at radius 3 is 2.44 bits per heavy atom. The molecule has 0 saturated heterocycles. The summed E-state index contributed by atoms with van der Waals surface area (Å²) in [6.07, 6.45) is 1.39. The van der Waals surface area contributed by atoms with Gasteiger partial charge in [0.15, 0.2) is 0 Å². The van der Waals surface area contributed by atoms with Crippen LogP contribution in [0.4, 0.5) is 0 Å². The third kappa shape index (κ3) is 4.29. The number of nitrogens with zero attached hydrogens (tertiary/aromatic N) is 1. The first kappa shape index (κ1) is 8.78. The Kier molecular flexibility index (Phi) is 4.53. The van der Waals surface area contributed by atoms with Crippen molar-refractivity contribution in [3.8, 4) is 6.07 Å². The van der Waals surface area contributed by atoms with E-state index in [9.17, 15) is 0 Å². The number of halogens is 1. The van der Waals surface area contributed by atoms with E-state index in [1.165, 1.54) is 0 Å². The molecule has 0 amide bonds.